The van der Waals surface area contributed by atoms with E-state index >= 15 is 0 Å². The van der Waals surface area contributed by atoms with E-state index in [9.17, 15) is 9.59 Å². The maximum Gasteiger partial charge on any atom is 0.247 e. The Kier molecular flexibility index (Phi) is 6.35. The number of nitrogens with zero attached hydrogens (tertiary/aromatic N) is 3. The zero-order valence-electron chi connectivity index (χ0n) is 15.2. The van der Waals surface area contributed by atoms with Gasteiger partial charge in [-0.05, 0) is 19.4 Å². The molecule has 0 aliphatic carbocycles. The molecule has 3 rings (SSSR count). The number of hydrogen-bond donors (Lipinski definition) is 1. The molecule has 2 aromatic rings. The first-order valence-corrected chi connectivity index (χ1v) is 9.19. The van der Waals surface area contributed by atoms with Crippen molar-refractivity contribution in [1.82, 2.24) is 20.0 Å². The number of nitrogens with one attached hydrogen (secondary N) is 1. The fourth-order valence-electron chi connectivity index (χ4n) is 3.18. The van der Waals surface area contributed by atoms with Gasteiger partial charge in [-0.2, -0.15) is 9.78 Å². The molecule has 1 aliphatic heterocycles. The van der Waals surface area contributed by atoms with Crippen LogP contribution in [0.25, 0.3) is 10.9 Å². The van der Waals surface area contributed by atoms with Gasteiger partial charge in [0.1, 0.15) is 0 Å². The van der Waals surface area contributed by atoms with E-state index in [4.69, 9.17) is 4.74 Å². The average Bonchev–Trinajstić information content (AvgIpc) is 3.00. The first kappa shape index (κ1) is 18.5. The highest BCUT2D eigenvalue weighted by atomic mass is 16.5. The van der Waals surface area contributed by atoms with Gasteiger partial charge < -0.3 is 10.1 Å². The number of aromatic nitrogens is 2. The van der Waals surface area contributed by atoms with Crippen molar-refractivity contribution < 1.29 is 14.3 Å². The van der Waals surface area contributed by atoms with Crippen molar-refractivity contribution in [1.29, 1.82) is 0 Å². The van der Waals surface area contributed by atoms with Crippen molar-refractivity contribution in [3.63, 3.8) is 0 Å². The van der Waals surface area contributed by atoms with Crippen molar-refractivity contribution in [2.45, 2.75) is 26.2 Å². The molecule has 1 fully saturated rings. The van der Waals surface area contributed by atoms with Gasteiger partial charge >= 0.3 is 0 Å². The lowest BCUT2D eigenvalue weighted by Crippen LogP contribution is -2.41. The largest absolute Gasteiger partial charge is 0.379 e. The standard InChI is InChI=1S/C19H26N4O3/c1-15-16-5-2-3-6-17(16)23(21-15)19(25)8-4-7-18(24)20-9-10-22-11-13-26-14-12-22/h2-3,5-6H,4,7-14H2,1H3,(H,20,24). The number of para-hydroxylation sites is 1. The number of aryl methyl sites for hydroxylation is 1. The lowest BCUT2D eigenvalue weighted by molar-refractivity contribution is -0.121. The molecule has 0 atom stereocenters. The molecule has 0 radical (unpaired) electrons. The van der Waals surface area contributed by atoms with Crippen LogP contribution in [0.2, 0.25) is 0 Å². The van der Waals surface area contributed by atoms with Gasteiger partial charge in [0.15, 0.2) is 0 Å². The highest BCUT2D eigenvalue weighted by Crippen LogP contribution is 2.18. The number of morpholine rings is 1. The number of fused-ring (bicyclic) bond motifs is 1. The number of carbonyl (C=O) groups is 2. The molecule has 0 bridgehead atoms. The van der Waals surface area contributed by atoms with Gasteiger partial charge in [-0.25, -0.2) is 0 Å². The van der Waals surface area contributed by atoms with Crippen LogP contribution in [-0.2, 0) is 9.53 Å². The summed E-state index contributed by atoms with van der Waals surface area (Å²) in [6, 6.07) is 7.69. The zero-order valence-corrected chi connectivity index (χ0v) is 15.2. The van der Waals surface area contributed by atoms with E-state index in [-0.39, 0.29) is 11.8 Å². The number of carbonyl (C=O) groups excluding carboxylic acids is 2. The topological polar surface area (TPSA) is 76.5 Å². The van der Waals surface area contributed by atoms with Crippen molar-refractivity contribution in [2.24, 2.45) is 0 Å². The van der Waals surface area contributed by atoms with Crippen LogP contribution in [0.5, 0.6) is 0 Å². The Morgan fingerprint density at radius 1 is 1.19 bits per heavy atom. The molecule has 1 aliphatic rings. The number of benzene rings is 1. The van der Waals surface area contributed by atoms with Gasteiger partial charge in [0, 0.05) is 44.4 Å². The molecule has 1 aromatic heterocycles. The minimum absolute atomic E-state index is 0.00689. The summed E-state index contributed by atoms with van der Waals surface area (Å²) in [5.41, 5.74) is 1.67. The van der Waals surface area contributed by atoms with Crippen LogP contribution in [0, 0.1) is 6.92 Å². The van der Waals surface area contributed by atoms with Gasteiger partial charge in [-0.1, -0.05) is 18.2 Å². The van der Waals surface area contributed by atoms with E-state index in [0.717, 1.165) is 49.4 Å². The highest BCUT2D eigenvalue weighted by Gasteiger charge is 2.14. The fourth-order valence-corrected chi connectivity index (χ4v) is 3.18. The van der Waals surface area contributed by atoms with Crippen LogP contribution in [-0.4, -0.2) is 65.9 Å². The fraction of sp³-hybridized carbons (Fsp3) is 0.526. The Bertz CT molecular complexity index is 765. The summed E-state index contributed by atoms with van der Waals surface area (Å²) in [4.78, 5) is 26.6. The minimum atomic E-state index is -0.0737. The third-order valence-corrected chi connectivity index (χ3v) is 4.66. The van der Waals surface area contributed by atoms with Crippen molar-refractivity contribution in [3.05, 3.63) is 30.0 Å². The maximum atomic E-state index is 12.4. The SMILES string of the molecule is Cc1nn(C(=O)CCCC(=O)NCCN2CCOCC2)c2ccccc12. The molecule has 1 aromatic carbocycles. The average molecular weight is 358 g/mol. The number of amides is 1. The molecule has 26 heavy (non-hydrogen) atoms. The van der Waals surface area contributed by atoms with Gasteiger partial charge in [0.25, 0.3) is 0 Å². The normalized spacial score (nSPS) is 15.3. The molecule has 140 valence electrons. The van der Waals surface area contributed by atoms with Crippen LogP contribution < -0.4 is 5.32 Å². The van der Waals surface area contributed by atoms with E-state index in [0.29, 0.717) is 25.8 Å². The summed E-state index contributed by atoms with van der Waals surface area (Å²) in [7, 11) is 0. The highest BCUT2D eigenvalue weighted by molar-refractivity contribution is 5.92. The molecular weight excluding hydrogens is 332 g/mol. The van der Waals surface area contributed by atoms with Crippen LogP contribution >= 0.6 is 0 Å². The first-order valence-electron chi connectivity index (χ1n) is 9.19. The number of hydrogen-bond acceptors (Lipinski definition) is 5. The van der Waals surface area contributed by atoms with E-state index in [2.05, 4.69) is 15.3 Å². The molecule has 2 heterocycles. The summed E-state index contributed by atoms with van der Waals surface area (Å²) in [6.07, 6.45) is 1.19. The lowest BCUT2D eigenvalue weighted by atomic mass is 10.2. The van der Waals surface area contributed by atoms with Crippen molar-refractivity contribution in [2.75, 3.05) is 39.4 Å². The van der Waals surface area contributed by atoms with Crippen molar-refractivity contribution >= 4 is 22.7 Å². The first-order chi connectivity index (χ1) is 12.6. The third-order valence-electron chi connectivity index (χ3n) is 4.66. The Hall–Kier alpha value is -2.25. The number of rotatable bonds is 7. The molecule has 0 spiro atoms. The van der Waals surface area contributed by atoms with Crippen molar-refractivity contribution in [3.8, 4) is 0 Å². The lowest BCUT2D eigenvalue weighted by Gasteiger charge is -2.26. The number of ether oxygens (including phenoxy) is 1. The van der Waals surface area contributed by atoms with Crippen LogP contribution in [0.4, 0.5) is 0 Å². The Balaban J connectivity index is 1.39. The van der Waals surface area contributed by atoms with Gasteiger partial charge in [-0.3, -0.25) is 14.5 Å². The Morgan fingerprint density at radius 2 is 1.96 bits per heavy atom. The van der Waals surface area contributed by atoms with Gasteiger partial charge in [0.05, 0.1) is 24.4 Å². The molecular formula is C19H26N4O3. The van der Waals surface area contributed by atoms with Gasteiger partial charge in [-0.15, -0.1) is 0 Å². The molecule has 7 nitrogen and oxygen atoms in total. The second-order valence-corrected chi connectivity index (χ2v) is 6.57. The van der Waals surface area contributed by atoms with Crippen LogP contribution in [0.3, 0.4) is 0 Å². The van der Waals surface area contributed by atoms with E-state index in [1.807, 2.05) is 31.2 Å². The molecule has 0 unspecified atom stereocenters. The quantitative estimate of drug-likeness (QED) is 0.814. The monoisotopic (exact) mass is 358 g/mol. The summed E-state index contributed by atoms with van der Waals surface area (Å²) in [5, 5.41) is 8.25. The van der Waals surface area contributed by atoms with E-state index in [1.165, 1.54) is 4.68 Å². The third kappa shape index (κ3) is 4.68. The second-order valence-electron chi connectivity index (χ2n) is 6.57. The summed E-state index contributed by atoms with van der Waals surface area (Å²) in [6.45, 7) is 6.73. The Labute approximate surface area is 153 Å². The predicted molar refractivity (Wildman–Crippen MR) is 99.2 cm³/mol. The minimum Gasteiger partial charge on any atom is -0.379 e. The molecule has 7 heteroatoms. The van der Waals surface area contributed by atoms with E-state index < -0.39 is 0 Å². The zero-order chi connectivity index (χ0) is 18.4. The summed E-state index contributed by atoms with van der Waals surface area (Å²) < 4.78 is 6.76. The summed E-state index contributed by atoms with van der Waals surface area (Å²) >= 11 is 0. The maximum absolute atomic E-state index is 12.4. The predicted octanol–water partition coefficient (Wildman–Crippen LogP) is 1.60. The van der Waals surface area contributed by atoms with E-state index in [1.54, 1.807) is 0 Å². The molecule has 1 saturated heterocycles. The molecule has 1 N–H and O–H groups in total. The van der Waals surface area contributed by atoms with Gasteiger partial charge in [0.2, 0.25) is 11.8 Å². The second kappa shape index (κ2) is 8.91. The Morgan fingerprint density at radius 3 is 2.77 bits per heavy atom. The summed E-state index contributed by atoms with van der Waals surface area (Å²) in [5.74, 6) is -0.0806. The van der Waals surface area contributed by atoms with Crippen LogP contribution in [0.15, 0.2) is 24.3 Å². The molecule has 0 saturated carbocycles. The molecule has 1 amide bonds. The van der Waals surface area contributed by atoms with Crippen LogP contribution in [0.1, 0.15) is 29.8 Å². The smallest absolute Gasteiger partial charge is 0.247 e.